The van der Waals surface area contributed by atoms with Gasteiger partial charge in [-0.1, -0.05) is 38.1 Å². The molecule has 0 saturated carbocycles. The topological polar surface area (TPSA) is 26.3 Å². The van der Waals surface area contributed by atoms with E-state index in [9.17, 15) is 4.79 Å². The molecule has 100 valence electrons. The molecule has 0 amide bonds. The number of carbonyl (C=O) groups excluding carboxylic acids is 1. The Morgan fingerprint density at radius 3 is 2.61 bits per heavy atom. The number of benzene rings is 1. The van der Waals surface area contributed by atoms with Gasteiger partial charge in [-0.05, 0) is 30.4 Å². The molecule has 0 heterocycles. The van der Waals surface area contributed by atoms with Crippen LogP contribution in [-0.2, 0) is 16.0 Å². The molecular formula is C16H24O2. The summed E-state index contributed by atoms with van der Waals surface area (Å²) in [7, 11) is 0. The number of hydrogen-bond acceptors (Lipinski definition) is 2. The van der Waals surface area contributed by atoms with Gasteiger partial charge in [0, 0.05) is 19.4 Å². The van der Waals surface area contributed by atoms with Gasteiger partial charge in [0.05, 0.1) is 6.61 Å². The zero-order valence-corrected chi connectivity index (χ0v) is 11.7. The molecule has 0 aliphatic heterocycles. The van der Waals surface area contributed by atoms with Crippen molar-refractivity contribution in [3.05, 3.63) is 35.4 Å². The van der Waals surface area contributed by atoms with E-state index in [1.165, 1.54) is 5.56 Å². The lowest BCUT2D eigenvalue weighted by Crippen LogP contribution is -2.09. The van der Waals surface area contributed by atoms with Gasteiger partial charge in [0.15, 0.2) is 0 Å². The van der Waals surface area contributed by atoms with Crippen LogP contribution in [-0.4, -0.2) is 19.0 Å². The Morgan fingerprint density at radius 2 is 1.94 bits per heavy atom. The Kier molecular flexibility index (Phi) is 6.66. The van der Waals surface area contributed by atoms with Crippen LogP contribution >= 0.6 is 0 Å². The molecule has 0 aliphatic carbocycles. The highest BCUT2D eigenvalue weighted by Crippen LogP contribution is 2.09. The van der Waals surface area contributed by atoms with Crippen molar-refractivity contribution in [1.29, 1.82) is 0 Å². The fraction of sp³-hybridized carbons (Fsp3) is 0.562. The number of rotatable bonds is 8. The van der Waals surface area contributed by atoms with Gasteiger partial charge in [0.1, 0.15) is 5.78 Å². The van der Waals surface area contributed by atoms with Crippen molar-refractivity contribution in [2.75, 3.05) is 13.2 Å². The molecule has 0 N–H and O–H groups in total. The average molecular weight is 248 g/mol. The van der Waals surface area contributed by atoms with Crippen LogP contribution in [0.15, 0.2) is 24.3 Å². The predicted molar refractivity (Wildman–Crippen MR) is 74.8 cm³/mol. The van der Waals surface area contributed by atoms with E-state index in [0.717, 1.165) is 18.6 Å². The Bertz CT molecular complexity index is 369. The lowest BCUT2D eigenvalue weighted by atomic mass is 10.0. The minimum absolute atomic E-state index is 0.258. The molecule has 2 heteroatoms. The van der Waals surface area contributed by atoms with Crippen molar-refractivity contribution in [3.63, 3.8) is 0 Å². The van der Waals surface area contributed by atoms with E-state index < -0.39 is 0 Å². The molecule has 0 atom stereocenters. The van der Waals surface area contributed by atoms with Crippen LogP contribution in [0.2, 0.25) is 0 Å². The molecule has 0 aromatic heterocycles. The third kappa shape index (κ3) is 5.97. The molecule has 1 aromatic carbocycles. The lowest BCUT2D eigenvalue weighted by Gasteiger charge is -2.07. The standard InChI is InChI=1S/C16H24O2/c1-13(2)8-10-18-11-9-16(17)12-15-7-5-4-6-14(15)3/h4-7,13H,8-12H2,1-3H3. The first kappa shape index (κ1) is 14.9. The molecule has 0 radical (unpaired) electrons. The number of hydrogen-bond donors (Lipinski definition) is 0. The van der Waals surface area contributed by atoms with Crippen LogP contribution in [0, 0.1) is 12.8 Å². The second-order valence-corrected chi connectivity index (χ2v) is 5.19. The van der Waals surface area contributed by atoms with Gasteiger partial charge < -0.3 is 4.74 Å². The monoisotopic (exact) mass is 248 g/mol. The largest absolute Gasteiger partial charge is 0.381 e. The summed E-state index contributed by atoms with van der Waals surface area (Å²) in [5.74, 6) is 0.918. The summed E-state index contributed by atoms with van der Waals surface area (Å²) in [4.78, 5) is 11.8. The highest BCUT2D eigenvalue weighted by atomic mass is 16.5. The molecule has 18 heavy (non-hydrogen) atoms. The summed E-state index contributed by atoms with van der Waals surface area (Å²) in [5, 5.41) is 0. The van der Waals surface area contributed by atoms with Crippen molar-refractivity contribution in [3.8, 4) is 0 Å². The first-order valence-electron chi connectivity index (χ1n) is 6.73. The molecule has 1 aromatic rings. The summed E-state index contributed by atoms with van der Waals surface area (Å²) in [6.45, 7) is 7.70. The van der Waals surface area contributed by atoms with Crippen LogP contribution in [0.5, 0.6) is 0 Å². The van der Waals surface area contributed by atoms with Gasteiger partial charge >= 0.3 is 0 Å². The van der Waals surface area contributed by atoms with Crippen molar-refractivity contribution in [2.45, 2.75) is 40.0 Å². The zero-order valence-electron chi connectivity index (χ0n) is 11.7. The third-order valence-electron chi connectivity index (χ3n) is 3.01. The van der Waals surface area contributed by atoms with Crippen molar-refractivity contribution < 1.29 is 9.53 Å². The number of ketones is 1. The van der Waals surface area contributed by atoms with Gasteiger partial charge in [0.2, 0.25) is 0 Å². The van der Waals surface area contributed by atoms with Crippen LogP contribution in [0.25, 0.3) is 0 Å². The molecular weight excluding hydrogens is 224 g/mol. The lowest BCUT2D eigenvalue weighted by molar-refractivity contribution is -0.119. The van der Waals surface area contributed by atoms with Crippen molar-refractivity contribution >= 4 is 5.78 Å². The molecule has 0 saturated heterocycles. The summed E-state index contributed by atoms with van der Waals surface area (Å²) in [6.07, 6.45) is 2.11. The molecule has 0 unspecified atom stereocenters. The summed E-state index contributed by atoms with van der Waals surface area (Å²) >= 11 is 0. The first-order chi connectivity index (χ1) is 8.59. The van der Waals surface area contributed by atoms with Crippen LogP contribution in [0.1, 0.15) is 37.8 Å². The van der Waals surface area contributed by atoms with E-state index >= 15 is 0 Å². The third-order valence-corrected chi connectivity index (χ3v) is 3.01. The first-order valence-corrected chi connectivity index (χ1v) is 6.73. The molecule has 0 bridgehead atoms. The van der Waals surface area contributed by atoms with Crippen LogP contribution in [0.4, 0.5) is 0 Å². The van der Waals surface area contributed by atoms with Gasteiger partial charge in [-0.2, -0.15) is 0 Å². The Hall–Kier alpha value is -1.15. The van der Waals surface area contributed by atoms with E-state index in [1.807, 2.05) is 31.2 Å². The Morgan fingerprint density at radius 1 is 1.22 bits per heavy atom. The van der Waals surface area contributed by atoms with E-state index in [0.29, 0.717) is 25.4 Å². The molecule has 0 spiro atoms. The van der Waals surface area contributed by atoms with Gasteiger partial charge in [-0.3, -0.25) is 4.79 Å². The summed E-state index contributed by atoms with van der Waals surface area (Å²) in [5.41, 5.74) is 2.32. The number of Topliss-reactive ketones (excluding diaryl/α,β-unsaturated/α-hetero) is 1. The highest BCUT2D eigenvalue weighted by Gasteiger charge is 2.05. The summed E-state index contributed by atoms with van der Waals surface area (Å²) in [6, 6.07) is 8.04. The molecule has 1 rings (SSSR count). The minimum atomic E-state index is 0.258. The Labute approximate surface area is 110 Å². The summed E-state index contributed by atoms with van der Waals surface area (Å²) < 4.78 is 5.46. The normalized spacial score (nSPS) is 10.9. The van der Waals surface area contributed by atoms with E-state index in [4.69, 9.17) is 4.74 Å². The maximum absolute atomic E-state index is 11.8. The van der Waals surface area contributed by atoms with Crippen LogP contribution in [0.3, 0.4) is 0 Å². The SMILES string of the molecule is Cc1ccccc1CC(=O)CCOCCC(C)C. The molecule has 0 fully saturated rings. The Balaban J connectivity index is 2.20. The van der Waals surface area contributed by atoms with E-state index in [-0.39, 0.29) is 5.78 Å². The minimum Gasteiger partial charge on any atom is -0.381 e. The maximum atomic E-state index is 11.8. The average Bonchev–Trinajstić information content (AvgIpc) is 2.31. The number of ether oxygens (including phenoxy) is 1. The second kappa shape index (κ2) is 8.04. The molecule has 2 nitrogen and oxygen atoms in total. The molecule has 0 aliphatic rings. The number of carbonyl (C=O) groups is 1. The highest BCUT2D eigenvalue weighted by molar-refractivity contribution is 5.81. The van der Waals surface area contributed by atoms with Gasteiger partial charge in [-0.25, -0.2) is 0 Å². The number of aryl methyl sites for hydroxylation is 1. The fourth-order valence-corrected chi connectivity index (χ4v) is 1.72. The van der Waals surface area contributed by atoms with Crippen molar-refractivity contribution in [1.82, 2.24) is 0 Å². The smallest absolute Gasteiger partial charge is 0.139 e. The zero-order chi connectivity index (χ0) is 13.4. The van der Waals surface area contributed by atoms with Crippen LogP contribution < -0.4 is 0 Å². The quantitative estimate of drug-likeness (QED) is 0.657. The fourth-order valence-electron chi connectivity index (χ4n) is 1.72. The predicted octanol–water partition coefficient (Wildman–Crippen LogP) is 3.56. The van der Waals surface area contributed by atoms with Gasteiger partial charge in [-0.15, -0.1) is 0 Å². The maximum Gasteiger partial charge on any atom is 0.139 e. The van der Waals surface area contributed by atoms with Gasteiger partial charge in [0.25, 0.3) is 0 Å². The van der Waals surface area contributed by atoms with E-state index in [2.05, 4.69) is 13.8 Å². The van der Waals surface area contributed by atoms with Crippen molar-refractivity contribution in [2.24, 2.45) is 5.92 Å². The second-order valence-electron chi connectivity index (χ2n) is 5.19. The van der Waals surface area contributed by atoms with E-state index in [1.54, 1.807) is 0 Å².